The fraction of sp³-hybridized carbons (Fsp3) is 0.136. The molecule has 0 bridgehead atoms. The van der Waals surface area contributed by atoms with Gasteiger partial charge in [0.2, 0.25) is 5.91 Å². The summed E-state index contributed by atoms with van der Waals surface area (Å²) < 4.78 is 32.7. The Labute approximate surface area is 180 Å². The molecule has 0 saturated carbocycles. The van der Waals surface area contributed by atoms with Crippen molar-refractivity contribution in [3.8, 4) is 16.9 Å². The zero-order valence-corrected chi connectivity index (χ0v) is 17.7. The molecule has 154 valence electrons. The van der Waals surface area contributed by atoms with Gasteiger partial charge >= 0.3 is 0 Å². The van der Waals surface area contributed by atoms with E-state index in [1.807, 2.05) is 12.1 Å². The second-order valence-electron chi connectivity index (χ2n) is 6.79. The number of carbonyl (C=O) groups is 1. The highest BCUT2D eigenvalue weighted by Crippen LogP contribution is 2.43. The summed E-state index contributed by atoms with van der Waals surface area (Å²) in [6.45, 7) is -0.0533. The van der Waals surface area contributed by atoms with Crippen LogP contribution in [0.15, 0.2) is 71.6 Å². The summed E-state index contributed by atoms with van der Waals surface area (Å²) in [6.07, 6.45) is 0. The average molecular weight is 443 g/mol. The summed E-state index contributed by atoms with van der Waals surface area (Å²) in [5.41, 5.74) is 2.56. The van der Waals surface area contributed by atoms with E-state index in [1.54, 1.807) is 55.6 Å². The van der Waals surface area contributed by atoms with Crippen LogP contribution in [0, 0.1) is 0 Å². The molecule has 0 aromatic heterocycles. The number of hydrogen-bond acceptors (Lipinski definition) is 4. The first-order chi connectivity index (χ1) is 14.4. The molecule has 1 heterocycles. The molecule has 0 fully saturated rings. The van der Waals surface area contributed by atoms with E-state index in [9.17, 15) is 13.2 Å². The van der Waals surface area contributed by atoms with Gasteiger partial charge in [0.05, 0.1) is 17.7 Å². The third kappa shape index (κ3) is 3.74. The molecule has 1 amide bonds. The third-order valence-electron chi connectivity index (χ3n) is 4.91. The minimum Gasteiger partial charge on any atom is -0.497 e. The lowest BCUT2D eigenvalue weighted by atomic mass is 10.0. The zero-order chi connectivity index (χ0) is 21.3. The number of nitrogens with zero attached hydrogens (tertiary/aromatic N) is 1. The molecular formula is C22H19ClN2O4S. The number of ether oxygens (including phenoxy) is 1. The Kier molecular flexibility index (Phi) is 5.40. The maximum absolute atomic E-state index is 13.2. The van der Waals surface area contributed by atoms with Gasteiger partial charge in [-0.05, 0) is 42.0 Å². The van der Waals surface area contributed by atoms with Gasteiger partial charge in [-0.2, -0.15) is 0 Å². The van der Waals surface area contributed by atoms with Crippen molar-refractivity contribution >= 4 is 33.2 Å². The molecule has 4 rings (SSSR count). The Morgan fingerprint density at radius 1 is 1.03 bits per heavy atom. The number of amides is 1. The van der Waals surface area contributed by atoms with Gasteiger partial charge in [0.1, 0.15) is 12.3 Å². The van der Waals surface area contributed by atoms with Crippen molar-refractivity contribution < 1.29 is 17.9 Å². The molecule has 0 radical (unpaired) electrons. The third-order valence-corrected chi connectivity index (χ3v) is 6.96. The highest BCUT2D eigenvalue weighted by atomic mass is 35.5. The fourth-order valence-corrected chi connectivity index (χ4v) is 5.23. The highest BCUT2D eigenvalue weighted by molar-refractivity contribution is 7.93. The minimum absolute atomic E-state index is 0.155. The van der Waals surface area contributed by atoms with Crippen LogP contribution in [0.25, 0.3) is 11.1 Å². The molecule has 0 unspecified atom stereocenters. The van der Waals surface area contributed by atoms with Crippen LogP contribution in [0.3, 0.4) is 0 Å². The van der Waals surface area contributed by atoms with Gasteiger partial charge in [0.25, 0.3) is 10.0 Å². The summed E-state index contributed by atoms with van der Waals surface area (Å²) in [7, 11) is -2.30. The van der Waals surface area contributed by atoms with Crippen LogP contribution in [0.5, 0.6) is 5.75 Å². The quantitative estimate of drug-likeness (QED) is 0.651. The van der Waals surface area contributed by atoms with Gasteiger partial charge in [-0.1, -0.05) is 41.9 Å². The largest absolute Gasteiger partial charge is 0.497 e. The van der Waals surface area contributed by atoms with Crippen molar-refractivity contribution in [2.45, 2.75) is 11.4 Å². The van der Waals surface area contributed by atoms with E-state index in [4.69, 9.17) is 16.3 Å². The van der Waals surface area contributed by atoms with Crippen LogP contribution in [0.2, 0.25) is 5.02 Å². The van der Waals surface area contributed by atoms with Crippen molar-refractivity contribution in [1.29, 1.82) is 0 Å². The first-order valence-corrected chi connectivity index (χ1v) is 11.0. The van der Waals surface area contributed by atoms with Gasteiger partial charge < -0.3 is 10.1 Å². The molecule has 0 aliphatic carbocycles. The predicted octanol–water partition coefficient (Wildman–Crippen LogP) is 3.84. The predicted molar refractivity (Wildman–Crippen MR) is 116 cm³/mol. The zero-order valence-electron chi connectivity index (χ0n) is 16.1. The van der Waals surface area contributed by atoms with Gasteiger partial charge in [-0.3, -0.25) is 9.10 Å². The molecule has 6 nitrogen and oxygen atoms in total. The van der Waals surface area contributed by atoms with Crippen LogP contribution >= 0.6 is 11.6 Å². The number of benzene rings is 3. The molecule has 3 aromatic carbocycles. The Bertz CT molecular complexity index is 1210. The maximum atomic E-state index is 13.2. The van der Waals surface area contributed by atoms with Crippen LogP contribution in [0.4, 0.5) is 5.69 Å². The van der Waals surface area contributed by atoms with E-state index in [0.29, 0.717) is 21.8 Å². The number of rotatable bonds is 5. The normalized spacial score (nSPS) is 13.9. The Morgan fingerprint density at radius 3 is 2.50 bits per heavy atom. The van der Waals surface area contributed by atoms with Crippen molar-refractivity contribution in [3.05, 3.63) is 77.3 Å². The number of carbonyl (C=O) groups excluding carboxylic acids is 1. The fourth-order valence-electron chi connectivity index (χ4n) is 3.40. The van der Waals surface area contributed by atoms with E-state index < -0.39 is 15.9 Å². The van der Waals surface area contributed by atoms with Gasteiger partial charge in [-0.25, -0.2) is 8.42 Å². The number of nitrogens with one attached hydrogen (secondary N) is 1. The average Bonchev–Trinajstić information content (AvgIpc) is 2.76. The Balaban J connectivity index is 1.59. The minimum atomic E-state index is -3.88. The molecule has 0 atom stereocenters. The molecule has 1 N–H and O–H groups in total. The van der Waals surface area contributed by atoms with E-state index in [2.05, 4.69) is 5.32 Å². The van der Waals surface area contributed by atoms with E-state index in [0.717, 1.165) is 15.6 Å². The standard InChI is InChI=1S/C22H19ClN2O4S/c1-29-17-9-6-15(7-10-17)13-24-22(26)14-25-20-11-8-16(23)12-19(20)18-4-2-3-5-21(18)30(25,27)28/h2-12H,13-14H2,1H3,(H,24,26). The van der Waals surface area contributed by atoms with Gasteiger partial charge in [0, 0.05) is 22.7 Å². The molecule has 3 aromatic rings. The van der Waals surface area contributed by atoms with Gasteiger partial charge in [0.15, 0.2) is 0 Å². The molecule has 8 heteroatoms. The monoisotopic (exact) mass is 442 g/mol. The molecular weight excluding hydrogens is 424 g/mol. The van der Waals surface area contributed by atoms with Gasteiger partial charge in [-0.15, -0.1) is 0 Å². The van der Waals surface area contributed by atoms with E-state index in [-0.39, 0.29) is 18.0 Å². The summed E-state index contributed by atoms with van der Waals surface area (Å²) in [5, 5.41) is 3.27. The number of methoxy groups -OCH3 is 1. The summed E-state index contributed by atoms with van der Waals surface area (Å²) in [6, 6.07) is 18.9. The van der Waals surface area contributed by atoms with E-state index in [1.165, 1.54) is 6.07 Å². The topological polar surface area (TPSA) is 75.7 Å². The second-order valence-corrected chi connectivity index (χ2v) is 9.06. The number of hydrogen-bond donors (Lipinski definition) is 1. The van der Waals surface area contributed by atoms with Crippen LogP contribution < -0.4 is 14.4 Å². The molecule has 0 spiro atoms. The maximum Gasteiger partial charge on any atom is 0.265 e. The van der Waals surface area contributed by atoms with Crippen molar-refractivity contribution in [1.82, 2.24) is 5.32 Å². The second kappa shape index (κ2) is 8.01. The van der Waals surface area contributed by atoms with Crippen molar-refractivity contribution in [3.63, 3.8) is 0 Å². The number of sulfonamides is 1. The lowest BCUT2D eigenvalue weighted by Crippen LogP contribution is -2.42. The highest BCUT2D eigenvalue weighted by Gasteiger charge is 2.35. The number of halogens is 1. The van der Waals surface area contributed by atoms with E-state index >= 15 is 0 Å². The van der Waals surface area contributed by atoms with Crippen LogP contribution in [-0.2, 0) is 21.4 Å². The Morgan fingerprint density at radius 2 is 1.77 bits per heavy atom. The molecule has 1 aliphatic heterocycles. The summed E-state index contributed by atoms with van der Waals surface area (Å²) in [4.78, 5) is 12.8. The Hall–Kier alpha value is -3.03. The van der Waals surface area contributed by atoms with Crippen molar-refractivity contribution in [2.24, 2.45) is 0 Å². The van der Waals surface area contributed by atoms with Crippen LogP contribution in [-0.4, -0.2) is 28.0 Å². The molecule has 30 heavy (non-hydrogen) atoms. The number of fused-ring (bicyclic) bond motifs is 3. The van der Waals surface area contributed by atoms with Crippen molar-refractivity contribution in [2.75, 3.05) is 18.0 Å². The number of anilines is 1. The molecule has 0 saturated heterocycles. The first-order valence-electron chi connectivity index (χ1n) is 9.21. The van der Waals surface area contributed by atoms with Crippen LogP contribution in [0.1, 0.15) is 5.56 Å². The first kappa shape index (κ1) is 20.3. The smallest absolute Gasteiger partial charge is 0.265 e. The lowest BCUT2D eigenvalue weighted by molar-refractivity contribution is -0.119. The lowest BCUT2D eigenvalue weighted by Gasteiger charge is -2.31. The molecule has 1 aliphatic rings. The summed E-state index contributed by atoms with van der Waals surface area (Å²) in [5.74, 6) is 0.313. The SMILES string of the molecule is COc1ccc(CNC(=O)CN2c3ccc(Cl)cc3-c3ccccc3S2(=O)=O)cc1. The summed E-state index contributed by atoms with van der Waals surface area (Å²) >= 11 is 6.15.